The number of hydrogen-bond donors (Lipinski definition) is 3. The van der Waals surface area contributed by atoms with Crippen molar-refractivity contribution in [2.75, 3.05) is 7.11 Å². The lowest BCUT2D eigenvalue weighted by atomic mass is 9.89. The van der Waals surface area contributed by atoms with Crippen LogP contribution < -0.4 is 10.5 Å². The van der Waals surface area contributed by atoms with Crippen LogP contribution in [0.15, 0.2) is 48.5 Å². The monoisotopic (exact) mass is 329 g/mol. The molecule has 0 fully saturated rings. The second-order valence-corrected chi connectivity index (χ2v) is 5.79. The van der Waals surface area contributed by atoms with Crippen molar-refractivity contribution in [2.45, 2.75) is 31.4 Å². The van der Waals surface area contributed by atoms with Crippen LogP contribution in [0.1, 0.15) is 29.2 Å². The van der Waals surface area contributed by atoms with E-state index in [9.17, 15) is 4.79 Å². The number of fused-ring (bicyclic) bond motifs is 1. The smallest absolute Gasteiger partial charge is 0.337 e. The molecule has 4 N–H and O–H groups in total. The molecule has 128 valence electrons. The highest BCUT2D eigenvalue weighted by Crippen LogP contribution is 2.24. The molecule has 5 heteroatoms. The van der Waals surface area contributed by atoms with E-state index in [1.165, 1.54) is 11.1 Å². The summed E-state index contributed by atoms with van der Waals surface area (Å²) in [5.41, 5.74) is 9.10. The van der Waals surface area contributed by atoms with Gasteiger partial charge in [0.15, 0.2) is 6.10 Å². The summed E-state index contributed by atoms with van der Waals surface area (Å²) in [7, 11) is 1.70. The van der Waals surface area contributed by atoms with Crippen LogP contribution in [0.3, 0.4) is 0 Å². The second kappa shape index (κ2) is 8.47. The van der Waals surface area contributed by atoms with Crippen molar-refractivity contribution in [1.29, 1.82) is 0 Å². The third kappa shape index (κ3) is 4.81. The minimum atomic E-state index is -1.41. The van der Waals surface area contributed by atoms with E-state index >= 15 is 0 Å². The zero-order valence-corrected chi connectivity index (χ0v) is 13.7. The molecular weight excluding hydrogens is 306 g/mol. The van der Waals surface area contributed by atoms with Gasteiger partial charge in [-0.2, -0.15) is 0 Å². The summed E-state index contributed by atoms with van der Waals surface area (Å²) in [6.07, 6.45) is 1.81. The fraction of sp³-hybridized carbons (Fsp3) is 0.316. The third-order valence-electron chi connectivity index (χ3n) is 4.03. The average Bonchev–Trinajstić information content (AvgIpc) is 2.61. The molecule has 0 heterocycles. The molecule has 3 rings (SSSR count). The Morgan fingerprint density at radius 3 is 2.54 bits per heavy atom. The molecule has 2 aromatic carbocycles. The van der Waals surface area contributed by atoms with Gasteiger partial charge in [0, 0.05) is 6.04 Å². The van der Waals surface area contributed by atoms with Crippen LogP contribution in [-0.2, 0) is 17.6 Å². The van der Waals surface area contributed by atoms with E-state index in [0.29, 0.717) is 11.6 Å². The van der Waals surface area contributed by atoms with Crippen molar-refractivity contribution in [3.8, 4) is 5.75 Å². The van der Waals surface area contributed by atoms with Gasteiger partial charge in [-0.15, -0.1) is 0 Å². The van der Waals surface area contributed by atoms with Crippen molar-refractivity contribution in [3.05, 3.63) is 65.2 Å². The van der Waals surface area contributed by atoms with E-state index in [2.05, 4.69) is 12.1 Å². The first-order valence-electron chi connectivity index (χ1n) is 7.88. The minimum absolute atomic E-state index is 0.333. The minimum Gasteiger partial charge on any atom is -0.497 e. The molecule has 0 bridgehead atoms. The van der Waals surface area contributed by atoms with Gasteiger partial charge in [-0.1, -0.05) is 36.4 Å². The Morgan fingerprint density at radius 2 is 1.92 bits per heavy atom. The molecule has 1 aliphatic carbocycles. The van der Waals surface area contributed by atoms with Gasteiger partial charge < -0.3 is 20.7 Å². The second-order valence-electron chi connectivity index (χ2n) is 5.79. The molecule has 24 heavy (non-hydrogen) atoms. The average molecular weight is 329 g/mol. The number of benzene rings is 2. The molecule has 5 nitrogen and oxygen atoms in total. The van der Waals surface area contributed by atoms with Crippen molar-refractivity contribution in [3.63, 3.8) is 0 Å². The number of carbonyl (C=O) groups is 1. The number of hydrogen-bond acceptors (Lipinski definition) is 4. The number of carboxylic acids is 1. The maximum absolute atomic E-state index is 10.2. The summed E-state index contributed by atoms with van der Waals surface area (Å²) in [5, 5.41) is 17.4. The molecule has 0 unspecified atom stereocenters. The molecule has 2 atom stereocenters. The Balaban J connectivity index is 0.000000177. The Labute approximate surface area is 141 Å². The lowest BCUT2D eigenvalue weighted by Crippen LogP contribution is -2.27. The van der Waals surface area contributed by atoms with E-state index in [0.717, 1.165) is 25.0 Å². The SMILES string of the molecule is COc1ccc2c(c1)C[C@@H](N)CC2.O=C(O)[C@H](O)c1ccccc1. The largest absolute Gasteiger partial charge is 0.497 e. The van der Waals surface area contributed by atoms with Gasteiger partial charge in [0.05, 0.1) is 7.11 Å². The standard InChI is InChI=1S/C11H15NO.C8H8O3/c1-13-11-5-3-8-2-4-10(12)6-9(8)7-11;9-7(8(10)11)6-4-2-1-3-5-6/h3,5,7,10H,2,4,6,12H2,1H3;1-5,7,9H,(H,10,11)/t10-;7-/m01/s1. The Morgan fingerprint density at radius 1 is 1.21 bits per heavy atom. The molecular formula is C19H23NO4. The van der Waals surface area contributed by atoms with E-state index in [4.69, 9.17) is 20.7 Å². The van der Waals surface area contributed by atoms with Gasteiger partial charge in [-0.05, 0) is 48.1 Å². The highest BCUT2D eigenvalue weighted by molar-refractivity contribution is 5.73. The van der Waals surface area contributed by atoms with Crippen LogP contribution in [0.25, 0.3) is 0 Å². The number of carboxylic acid groups (broad SMARTS) is 1. The lowest BCUT2D eigenvalue weighted by Gasteiger charge is -2.21. The van der Waals surface area contributed by atoms with Gasteiger partial charge in [0.1, 0.15) is 5.75 Å². The maximum atomic E-state index is 10.2. The Bertz CT molecular complexity index is 672. The lowest BCUT2D eigenvalue weighted by molar-refractivity contribution is -0.146. The zero-order valence-electron chi connectivity index (χ0n) is 13.7. The van der Waals surface area contributed by atoms with Crippen molar-refractivity contribution in [1.82, 2.24) is 0 Å². The van der Waals surface area contributed by atoms with Crippen LogP contribution in [-0.4, -0.2) is 29.3 Å². The quantitative estimate of drug-likeness (QED) is 0.803. The topological polar surface area (TPSA) is 92.8 Å². The number of nitrogens with two attached hydrogens (primary N) is 1. The van der Waals surface area contributed by atoms with Crippen LogP contribution in [0.4, 0.5) is 0 Å². The predicted molar refractivity (Wildman–Crippen MR) is 92.0 cm³/mol. The molecule has 0 radical (unpaired) electrons. The first kappa shape index (κ1) is 18.0. The van der Waals surface area contributed by atoms with Gasteiger partial charge >= 0.3 is 5.97 Å². The summed E-state index contributed by atoms with van der Waals surface area (Å²) in [6.45, 7) is 0. The van der Waals surface area contributed by atoms with E-state index in [1.807, 2.05) is 6.07 Å². The molecule has 1 aliphatic rings. The fourth-order valence-corrected chi connectivity index (χ4v) is 2.67. The van der Waals surface area contributed by atoms with Crippen LogP contribution in [0.5, 0.6) is 5.75 Å². The first-order chi connectivity index (χ1) is 11.5. The Kier molecular flexibility index (Phi) is 6.35. The van der Waals surface area contributed by atoms with Gasteiger partial charge in [0.2, 0.25) is 0 Å². The molecule has 2 aromatic rings. The van der Waals surface area contributed by atoms with Crippen LogP contribution >= 0.6 is 0 Å². The maximum Gasteiger partial charge on any atom is 0.337 e. The van der Waals surface area contributed by atoms with E-state index in [1.54, 1.807) is 37.4 Å². The van der Waals surface area contributed by atoms with Crippen LogP contribution in [0.2, 0.25) is 0 Å². The summed E-state index contributed by atoms with van der Waals surface area (Å²) >= 11 is 0. The number of rotatable bonds is 3. The summed E-state index contributed by atoms with van der Waals surface area (Å²) in [6, 6.07) is 14.9. The number of ether oxygens (including phenoxy) is 1. The van der Waals surface area contributed by atoms with Gasteiger partial charge in [-0.25, -0.2) is 4.79 Å². The zero-order chi connectivity index (χ0) is 17.5. The van der Waals surface area contributed by atoms with Crippen molar-refractivity contribution >= 4 is 5.97 Å². The molecule has 0 saturated carbocycles. The first-order valence-corrected chi connectivity index (χ1v) is 7.88. The number of aliphatic hydroxyl groups is 1. The third-order valence-corrected chi connectivity index (χ3v) is 4.03. The van der Waals surface area contributed by atoms with Crippen LogP contribution in [0, 0.1) is 0 Å². The molecule has 0 saturated heterocycles. The Hall–Kier alpha value is -2.37. The van der Waals surface area contributed by atoms with Gasteiger partial charge in [-0.3, -0.25) is 0 Å². The molecule has 0 spiro atoms. The van der Waals surface area contributed by atoms with Crippen molar-refractivity contribution in [2.24, 2.45) is 5.73 Å². The summed E-state index contributed by atoms with van der Waals surface area (Å²) in [5.74, 6) is -0.288. The predicted octanol–water partition coefficient (Wildman–Crippen LogP) is 2.32. The van der Waals surface area contributed by atoms with E-state index in [-0.39, 0.29) is 0 Å². The molecule has 0 aliphatic heterocycles. The number of aryl methyl sites for hydroxylation is 1. The number of aliphatic hydroxyl groups excluding tert-OH is 1. The normalized spacial score (nSPS) is 17.0. The fourth-order valence-electron chi connectivity index (χ4n) is 2.67. The van der Waals surface area contributed by atoms with E-state index < -0.39 is 12.1 Å². The van der Waals surface area contributed by atoms with Crippen molar-refractivity contribution < 1.29 is 19.7 Å². The number of aliphatic carboxylic acids is 1. The highest BCUT2D eigenvalue weighted by atomic mass is 16.5. The summed E-state index contributed by atoms with van der Waals surface area (Å²) < 4.78 is 5.17. The van der Waals surface area contributed by atoms with Gasteiger partial charge in [0.25, 0.3) is 0 Å². The molecule has 0 amide bonds. The summed E-state index contributed by atoms with van der Waals surface area (Å²) in [4.78, 5) is 10.2. The number of methoxy groups -OCH3 is 1. The highest BCUT2D eigenvalue weighted by Gasteiger charge is 2.15. The molecule has 0 aromatic heterocycles.